The highest BCUT2D eigenvalue weighted by Gasteiger charge is 2.41. The SMILES string of the molecule is Cc1ccccc1[C@H]1CN(Cc2cscn2)[C@H](CO)[C@@H]1O. The molecule has 1 fully saturated rings. The fourth-order valence-corrected chi connectivity index (χ4v) is 3.74. The Morgan fingerprint density at radius 3 is 2.86 bits per heavy atom. The summed E-state index contributed by atoms with van der Waals surface area (Å²) in [7, 11) is 0. The van der Waals surface area contributed by atoms with Crippen molar-refractivity contribution in [2.24, 2.45) is 0 Å². The summed E-state index contributed by atoms with van der Waals surface area (Å²) in [5.74, 6) is 0.0435. The molecule has 0 aliphatic carbocycles. The van der Waals surface area contributed by atoms with Crippen LogP contribution in [0.2, 0.25) is 0 Å². The van der Waals surface area contributed by atoms with Gasteiger partial charge >= 0.3 is 0 Å². The first-order valence-electron chi connectivity index (χ1n) is 7.16. The number of thiazole rings is 1. The van der Waals surface area contributed by atoms with E-state index < -0.39 is 6.10 Å². The van der Waals surface area contributed by atoms with E-state index in [2.05, 4.69) is 28.9 Å². The predicted octanol–water partition coefficient (Wildman–Crippen LogP) is 1.77. The van der Waals surface area contributed by atoms with Gasteiger partial charge in [0.25, 0.3) is 0 Å². The number of aromatic nitrogens is 1. The van der Waals surface area contributed by atoms with Crippen LogP contribution in [0.1, 0.15) is 22.7 Å². The van der Waals surface area contributed by atoms with Crippen LogP contribution >= 0.6 is 11.3 Å². The quantitative estimate of drug-likeness (QED) is 0.904. The zero-order valence-electron chi connectivity index (χ0n) is 12.0. The van der Waals surface area contributed by atoms with Crippen LogP contribution in [-0.2, 0) is 6.54 Å². The molecule has 112 valence electrons. The molecule has 2 N–H and O–H groups in total. The number of rotatable bonds is 4. The summed E-state index contributed by atoms with van der Waals surface area (Å²) >= 11 is 1.57. The molecule has 0 spiro atoms. The van der Waals surface area contributed by atoms with Crippen LogP contribution in [0.4, 0.5) is 0 Å². The smallest absolute Gasteiger partial charge is 0.0798 e. The van der Waals surface area contributed by atoms with Crippen molar-refractivity contribution in [2.75, 3.05) is 13.2 Å². The molecule has 0 amide bonds. The minimum atomic E-state index is -0.547. The van der Waals surface area contributed by atoms with E-state index in [1.807, 2.05) is 23.0 Å². The van der Waals surface area contributed by atoms with Gasteiger partial charge in [0.05, 0.1) is 30.0 Å². The number of benzene rings is 1. The minimum Gasteiger partial charge on any atom is -0.395 e. The molecule has 0 saturated carbocycles. The zero-order chi connectivity index (χ0) is 14.8. The molecule has 0 bridgehead atoms. The number of hydrogen-bond donors (Lipinski definition) is 2. The molecule has 3 rings (SSSR count). The number of aryl methyl sites for hydroxylation is 1. The van der Waals surface area contributed by atoms with Crippen LogP contribution in [0.3, 0.4) is 0 Å². The zero-order valence-corrected chi connectivity index (χ0v) is 12.8. The van der Waals surface area contributed by atoms with Crippen molar-refractivity contribution < 1.29 is 10.2 Å². The third-order valence-electron chi connectivity index (χ3n) is 4.33. The summed E-state index contributed by atoms with van der Waals surface area (Å²) in [6.07, 6.45) is -0.547. The molecular formula is C16H20N2O2S. The highest BCUT2D eigenvalue weighted by Crippen LogP contribution is 2.34. The first kappa shape index (κ1) is 14.7. The Labute approximate surface area is 128 Å². The van der Waals surface area contributed by atoms with E-state index >= 15 is 0 Å². The Balaban J connectivity index is 1.83. The monoisotopic (exact) mass is 304 g/mol. The standard InChI is InChI=1S/C16H20N2O2S/c1-11-4-2-3-5-13(11)14-7-18(15(8-19)16(14)20)6-12-9-21-10-17-12/h2-5,9-10,14-16,19-20H,6-8H2,1H3/t14-,15-,16-/m1/s1. The van der Waals surface area contributed by atoms with Gasteiger partial charge in [0.1, 0.15) is 0 Å². The first-order chi connectivity index (χ1) is 10.2. The van der Waals surface area contributed by atoms with Crippen molar-refractivity contribution in [2.45, 2.75) is 31.5 Å². The van der Waals surface area contributed by atoms with Gasteiger partial charge in [0.2, 0.25) is 0 Å². The molecule has 4 nitrogen and oxygen atoms in total. The number of aliphatic hydroxyl groups is 2. The van der Waals surface area contributed by atoms with Crippen molar-refractivity contribution in [3.8, 4) is 0 Å². The molecule has 1 aromatic heterocycles. The van der Waals surface area contributed by atoms with Gasteiger partial charge in [-0.3, -0.25) is 4.90 Å². The maximum Gasteiger partial charge on any atom is 0.0798 e. The number of hydrogen-bond acceptors (Lipinski definition) is 5. The molecule has 1 saturated heterocycles. The largest absolute Gasteiger partial charge is 0.395 e. The molecule has 0 radical (unpaired) electrons. The molecule has 1 aromatic carbocycles. The summed E-state index contributed by atoms with van der Waals surface area (Å²) in [4.78, 5) is 6.44. The van der Waals surface area contributed by atoms with Crippen molar-refractivity contribution in [3.05, 3.63) is 52.0 Å². The van der Waals surface area contributed by atoms with Gasteiger partial charge in [-0.15, -0.1) is 11.3 Å². The Hall–Kier alpha value is -1.27. The molecule has 3 atom stereocenters. The highest BCUT2D eigenvalue weighted by atomic mass is 32.1. The van der Waals surface area contributed by atoms with Crippen LogP contribution in [0.25, 0.3) is 0 Å². The topological polar surface area (TPSA) is 56.6 Å². The van der Waals surface area contributed by atoms with E-state index in [0.717, 1.165) is 12.2 Å². The van der Waals surface area contributed by atoms with E-state index in [9.17, 15) is 10.2 Å². The van der Waals surface area contributed by atoms with E-state index in [0.29, 0.717) is 6.54 Å². The Bertz CT molecular complexity index is 588. The number of aliphatic hydroxyl groups excluding tert-OH is 2. The van der Waals surface area contributed by atoms with E-state index in [1.54, 1.807) is 11.3 Å². The second kappa shape index (κ2) is 6.23. The number of likely N-dealkylation sites (tertiary alicyclic amines) is 1. The molecular weight excluding hydrogens is 284 g/mol. The van der Waals surface area contributed by atoms with Crippen LogP contribution in [-0.4, -0.2) is 45.4 Å². The fourth-order valence-electron chi connectivity index (χ4n) is 3.19. The van der Waals surface area contributed by atoms with Gasteiger partial charge in [-0.1, -0.05) is 24.3 Å². The van der Waals surface area contributed by atoms with Gasteiger partial charge < -0.3 is 10.2 Å². The van der Waals surface area contributed by atoms with Gasteiger partial charge in [-0.2, -0.15) is 0 Å². The number of nitrogens with zero attached hydrogens (tertiary/aromatic N) is 2. The maximum absolute atomic E-state index is 10.6. The first-order valence-corrected chi connectivity index (χ1v) is 8.10. The lowest BCUT2D eigenvalue weighted by Gasteiger charge is -2.23. The van der Waals surface area contributed by atoms with Crippen molar-refractivity contribution in [1.29, 1.82) is 0 Å². The van der Waals surface area contributed by atoms with Crippen molar-refractivity contribution >= 4 is 11.3 Å². The normalized spacial score (nSPS) is 26.3. The predicted molar refractivity (Wildman–Crippen MR) is 83.3 cm³/mol. The van der Waals surface area contributed by atoms with Crippen molar-refractivity contribution in [1.82, 2.24) is 9.88 Å². The summed E-state index contributed by atoms with van der Waals surface area (Å²) in [6, 6.07) is 7.93. The van der Waals surface area contributed by atoms with Crippen LogP contribution in [0, 0.1) is 6.92 Å². The lowest BCUT2D eigenvalue weighted by Crippen LogP contribution is -2.38. The van der Waals surface area contributed by atoms with Crippen LogP contribution in [0.5, 0.6) is 0 Å². The van der Waals surface area contributed by atoms with Gasteiger partial charge in [0.15, 0.2) is 0 Å². The van der Waals surface area contributed by atoms with Crippen LogP contribution in [0.15, 0.2) is 35.2 Å². The lowest BCUT2D eigenvalue weighted by molar-refractivity contribution is 0.0637. The van der Waals surface area contributed by atoms with E-state index in [-0.39, 0.29) is 18.6 Å². The summed E-state index contributed by atoms with van der Waals surface area (Å²) in [6.45, 7) is 3.45. The average molecular weight is 304 g/mol. The second-order valence-electron chi connectivity index (χ2n) is 5.61. The highest BCUT2D eigenvalue weighted by molar-refractivity contribution is 7.07. The van der Waals surface area contributed by atoms with Gasteiger partial charge in [-0.05, 0) is 18.1 Å². The molecule has 1 aliphatic heterocycles. The average Bonchev–Trinajstić information content (AvgIpc) is 3.08. The molecule has 2 aromatic rings. The molecule has 1 aliphatic rings. The third kappa shape index (κ3) is 2.87. The molecule has 5 heteroatoms. The van der Waals surface area contributed by atoms with E-state index in [1.165, 1.54) is 11.1 Å². The lowest BCUT2D eigenvalue weighted by atomic mass is 9.90. The fraction of sp³-hybridized carbons (Fsp3) is 0.438. The van der Waals surface area contributed by atoms with Gasteiger partial charge in [-0.25, -0.2) is 4.98 Å². The van der Waals surface area contributed by atoms with Crippen LogP contribution < -0.4 is 0 Å². The minimum absolute atomic E-state index is 0.0340. The molecule has 0 unspecified atom stereocenters. The Morgan fingerprint density at radius 1 is 1.38 bits per heavy atom. The Morgan fingerprint density at radius 2 is 2.19 bits per heavy atom. The summed E-state index contributed by atoms with van der Waals surface area (Å²) in [5, 5.41) is 22.3. The summed E-state index contributed by atoms with van der Waals surface area (Å²) in [5.41, 5.74) is 5.17. The summed E-state index contributed by atoms with van der Waals surface area (Å²) < 4.78 is 0. The second-order valence-corrected chi connectivity index (χ2v) is 6.33. The molecule has 2 heterocycles. The van der Waals surface area contributed by atoms with Crippen molar-refractivity contribution in [3.63, 3.8) is 0 Å². The molecule has 21 heavy (non-hydrogen) atoms. The van der Waals surface area contributed by atoms with Gasteiger partial charge in [0, 0.05) is 24.4 Å². The Kier molecular flexibility index (Phi) is 4.35. The third-order valence-corrected chi connectivity index (χ3v) is 4.97. The maximum atomic E-state index is 10.6. The van der Waals surface area contributed by atoms with E-state index in [4.69, 9.17) is 0 Å².